The second-order valence-corrected chi connectivity index (χ2v) is 4.82. The molecule has 1 aromatic carbocycles. The number of nitrogens with zero attached hydrogens (tertiary/aromatic N) is 1. The highest BCUT2D eigenvalue weighted by atomic mass is 19.4. The van der Waals surface area contributed by atoms with Gasteiger partial charge in [-0.1, -0.05) is 30.3 Å². The molecule has 1 rings (SSSR count). The summed E-state index contributed by atoms with van der Waals surface area (Å²) in [5, 5.41) is 9.50. The van der Waals surface area contributed by atoms with Crippen molar-refractivity contribution in [2.75, 3.05) is 13.6 Å². The van der Waals surface area contributed by atoms with Crippen molar-refractivity contribution in [3.63, 3.8) is 0 Å². The molecule has 0 aliphatic rings. The SMILES string of the molecule is CN(CCC(O)CCC(F)(F)F)Cc1ccccc1. The lowest BCUT2D eigenvalue weighted by molar-refractivity contribution is -0.140. The lowest BCUT2D eigenvalue weighted by Gasteiger charge is -2.19. The first-order valence-electron chi connectivity index (χ1n) is 6.34. The molecule has 0 amide bonds. The second-order valence-electron chi connectivity index (χ2n) is 4.82. The zero-order chi connectivity index (χ0) is 14.3. The summed E-state index contributed by atoms with van der Waals surface area (Å²) in [5.41, 5.74) is 1.15. The van der Waals surface area contributed by atoms with Gasteiger partial charge in [-0.3, -0.25) is 0 Å². The first-order valence-corrected chi connectivity index (χ1v) is 6.34. The Kier molecular flexibility index (Phi) is 6.31. The second kappa shape index (κ2) is 7.50. The Morgan fingerprint density at radius 1 is 1.16 bits per heavy atom. The number of hydrogen-bond acceptors (Lipinski definition) is 2. The maximum absolute atomic E-state index is 12.0. The average Bonchev–Trinajstić information content (AvgIpc) is 2.34. The molecule has 1 unspecified atom stereocenters. The van der Waals surface area contributed by atoms with Crippen molar-refractivity contribution in [1.29, 1.82) is 0 Å². The van der Waals surface area contributed by atoms with E-state index in [-0.39, 0.29) is 6.42 Å². The van der Waals surface area contributed by atoms with Gasteiger partial charge in [-0.25, -0.2) is 0 Å². The van der Waals surface area contributed by atoms with Crippen LogP contribution in [0.4, 0.5) is 13.2 Å². The van der Waals surface area contributed by atoms with E-state index in [1.54, 1.807) is 0 Å². The van der Waals surface area contributed by atoms with Crippen LogP contribution >= 0.6 is 0 Å². The molecule has 0 spiro atoms. The van der Waals surface area contributed by atoms with E-state index in [4.69, 9.17) is 0 Å². The molecule has 0 radical (unpaired) electrons. The molecule has 0 heterocycles. The highest BCUT2D eigenvalue weighted by Gasteiger charge is 2.27. The van der Waals surface area contributed by atoms with E-state index in [1.807, 2.05) is 42.3 Å². The molecular weight excluding hydrogens is 255 g/mol. The molecule has 5 heteroatoms. The molecule has 0 fully saturated rings. The Bertz CT molecular complexity index is 353. The van der Waals surface area contributed by atoms with E-state index >= 15 is 0 Å². The zero-order valence-electron chi connectivity index (χ0n) is 11.0. The van der Waals surface area contributed by atoms with Crippen molar-refractivity contribution in [2.24, 2.45) is 0 Å². The standard InChI is InChI=1S/C14H20F3NO/c1-18(11-12-5-3-2-4-6-12)10-8-13(19)7-9-14(15,16)17/h2-6,13,19H,7-11H2,1H3. The molecule has 1 N–H and O–H groups in total. The molecular formula is C14H20F3NO. The zero-order valence-corrected chi connectivity index (χ0v) is 11.0. The minimum atomic E-state index is -4.18. The molecule has 0 saturated carbocycles. The van der Waals surface area contributed by atoms with Crippen molar-refractivity contribution < 1.29 is 18.3 Å². The summed E-state index contributed by atoms with van der Waals surface area (Å²) in [6.07, 6.45) is -5.85. The van der Waals surface area contributed by atoms with Crippen LogP contribution in [0.5, 0.6) is 0 Å². The maximum Gasteiger partial charge on any atom is 0.389 e. The minimum absolute atomic E-state index is 0.220. The Balaban J connectivity index is 2.21. The summed E-state index contributed by atoms with van der Waals surface area (Å²) in [6.45, 7) is 1.31. The first-order chi connectivity index (χ1) is 8.87. The number of rotatable bonds is 7. The van der Waals surface area contributed by atoms with Gasteiger partial charge in [0.15, 0.2) is 0 Å². The molecule has 0 saturated heterocycles. The third-order valence-corrected chi connectivity index (χ3v) is 2.90. The van der Waals surface area contributed by atoms with Gasteiger partial charge in [-0.05, 0) is 25.5 Å². The Hall–Kier alpha value is -1.07. The molecule has 19 heavy (non-hydrogen) atoms. The van der Waals surface area contributed by atoms with Gasteiger partial charge in [-0.15, -0.1) is 0 Å². The van der Waals surface area contributed by atoms with Crippen molar-refractivity contribution >= 4 is 0 Å². The third-order valence-electron chi connectivity index (χ3n) is 2.90. The molecule has 0 aliphatic heterocycles. The van der Waals surface area contributed by atoms with Crippen LogP contribution in [0.25, 0.3) is 0 Å². The van der Waals surface area contributed by atoms with Gasteiger partial charge in [0.05, 0.1) is 6.10 Å². The molecule has 1 aromatic rings. The highest BCUT2D eigenvalue weighted by Crippen LogP contribution is 2.22. The van der Waals surface area contributed by atoms with Crippen molar-refractivity contribution in [1.82, 2.24) is 4.90 Å². The topological polar surface area (TPSA) is 23.5 Å². The van der Waals surface area contributed by atoms with Gasteiger partial charge in [0.25, 0.3) is 0 Å². The van der Waals surface area contributed by atoms with E-state index in [2.05, 4.69) is 0 Å². The van der Waals surface area contributed by atoms with Gasteiger partial charge in [0.2, 0.25) is 0 Å². The van der Waals surface area contributed by atoms with Gasteiger partial charge >= 0.3 is 6.18 Å². The predicted molar refractivity (Wildman–Crippen MR) is 68.7 cm³/mol. The number of aliphatic hydroxyl groups excluding tert-OH is 1. The van der Waals surface area contributed by atoms with Gasteiger partial charge in [0, 0.05) is 19.5 Å². The van der Waals surface area contributed by atoms with Crippen LogP contribution in [-0.4, -0.2) is 35.9 Å². The summed E-state index contributed by atoms with van der Waals surface area (Å²) < 4.78 is 35.9. The van der Waals surface area contributed by atoms with Crippen LogP contribution in [0, 0.1) is 0 Å². The molecule has 0 aromatic heterocycles. The molecule has 0 aliphatic carbocycles. The van der Waals surface area contributed by atoms with Crippen LogP contribution < -0.4 is 0 Å². The Labute approximate surface area is 111 Å². The first kappa shape index (κ1) is 16.0. The number of halogens is 3. The summed E-state index contributed by atoms with van der Waals surface area (Å²) in [6, 6.07) is 9.82. The number of hydrogen-bond donors (Lipinski definition) is 1. The molecule has 108 valence electrons. The number of benzene rings is 1. The molecule has 0 bridgehead atoms. The fraction of sp³-hybridized carbons (Fsp3) is 0.571. The Morgan fingerprint density at radius 2 is 1.79 bits per heavy atom. The van der Waals surface area contributed by atoms with E-state index in [1.165, 1.54) is 0 Å². The summed E-state index contributed by atoms with van der Waals surface area (Å²) in [4.78, 5) is 1.99. The van der Waals surface area contributed by atoms with Crippen LogP contribution in [0.1, 0.15) is 24.8 Å². The molecule has 1 atom stereocenters. The van der Waals surface area contributed by atoms with E-state index in [0.29, 0.717) is 13.0 Å². The summed E-state index contributed by atoms with van der Waals surface area (Å²) >= 11 is 0. The Morgan fingerprint density at radius 3 is 2.37 bits per heavy atom. The van der Waals surface area contributed by atoms with E-state index in [9.17, 15) is 18.3 Å². The van der Waals surface area contributed by atoms with Crippen LogP contribution in [0.2, 0.25) is 0 Å². The monoisotopic (exact) mass is 275 g/mol. The smallest absolute Gasteiger partial charge is 0.389 e. The van der Waals surface area contributed by atoms with Crippen LogP contribution in [0.3, 0.4) is 0 Å². The fourth-order valence-electron chi connectivity index (χ4n) is 1.82. The van der Waals surface area contributed by atoms with Crippen LogP contribution in [-0.2, 0) is 6.54 Å². The quantitative estimate of drug-likeness (QED) is 0.826. The van der Waals surface area contributed by atoms with Crippen molar-refractivity contribution in [3.8, 4) is 0 Å². The highest BCUT2D eigenvalue weighted by molar-refractivity contribution is 5.14. The number of aliphatic hydroxyl groups is 1. The van der Waals surface area contributed by atoms with Crippen molar-refractivity contribution in [2.45, 2.75) is 38.1 Å². The van der Waals surface area contributed by atoms with E-state index in [0.717, 1.165) is 12.1 Å². The normalized spacial score (nSPS) is 13.8. The van der Waals surface area contributed by atoms with E-state index < -0.39 is 18.7 Å². The maximum atomic E-state index is 12.0. The summed E-state index contributed by atoms with van der Waals surface area (Å²) in [5.74, 6) is 0. The summed E-state index contributed by atoms with van der Waals surface area (Å²) in [7, 11) is 1.89. The van der Waals surface area contributed by atoms with Gasteiger partial charge < -0.3 is 10.0 Å². The molecule has 2 nitrogen and oxygen atoms in total. The lowest BCUT2D eigenvalue weighted by Crippen LogP contribution is -2.24. The lowest BCUT2D eigenvalue weighted by atomic mass is 10.1. The largest absolute Gasteiger partial charge is 0.393 e. The van der Waals surface area contributed by atoms with Gasteiger partial charge in [-0.2, -0.15) is 13.2 Å². The van der Waals surface area contributed by atoms with Gasteiger partial charge in [0.1, 0.15) is 0 Å². The predicted octanol–water partition coefficient (Wildman–Crippen LogP) is 3.21. The minimum Gasteiger partial charge on any atom is -0.393 e. The van der Waals surface area contributed by atoms with Crippen molar-refractivity contribution in [3.05, 3.63) is 35.9 Å². The third kappa shape index (κ3) is 7.85. The van der Waals surface area contributed by atoms with Crippen LogP contribution in [0.15, 0.2) is 30.3 Å². The number of alkyl halides is 3. The average molecular weight is 275 g/mol. The fourth-order valence-corrected chi connectivity index (χ4v) is 1.82.